The van der Waals surface area contributed by atoms with E-state index in [0.29, 0.717) is 6.10 Å². The molecule has 3 atom stereocenters. The lowest BCUT2D eigenvalue weighted by atomic mass is 9.92. The molecule has 7 nitrogen and oxygen atoms in total. The van der Waals surface area contributed by atoms with Gasteiger partial charge in [0.1, 0.15) is 6.54 Å². The van der Waals surface area contributed by atoms with Gasteiger partial charge >= 0.3 is 0 Å². The smallest absolute Gasteiger partial charge is 0.246 e. The van der Waals surface area contributed by atoms with E-state index in [1.807, 2.05) is 4.90 Å². The van der Waals surface area contributed by atoms with Gasteiger partial charge in [-0.25, -0.2) is 0 Å². The maximum absolute atomic E-state index is 12.5. The van der Waals surface area contributed by atoms with Crippen LogP contribution in [0.25, 0.3) is 0 Å². The van der Waals surface area contributed by atoms with Crippen LogP contribution < -0.4 is 0 Å². The monoisotopic (exact) mass is 347 g/mol. The summed E-state index contributed by atoms with van der Waals surface area (Å²) in [6, 6.07) is 0. The molecule has 0 bridgehead atoms. The van der Waals surface area contributed by atoms with Gasteiger partial charge in [-0.05, 0) is 43.9 Å². The average Bonchev–Trinajstić information content (AvgIpc) is 3.22. The molecule has 4 heterocycles. The highest BCUT2D eigenvalue weighted by atomic mass is 16.5. The van der Waals surface area contributed by atoms with Crippen molar-refractivity contribution in [1.29, 1.82) is 0 Å². The number of rotatable bonds is 4. The van der Waals surface area contributed by atoms with Crippen LogP contribution in [-0.2, 0) is 16.1 Å². The SMILES string of the molecule is O=C(Cn1nccn1)N1CC[C@@H]2CN(CC3CCCCO3)C[C@@H]2CC1. The van der Waals surface area contributed by atoms with Crippen molar-refractivity contribution < 1.29 is 9.53 Å². The van der Waals surface area contributed by atoms with Crippen molar-refractivity contribution in [3.05, 3.63) is 12.4 Å². The molecule has 0 saturated carbocycles. The molecule has 1 aromatic rings. The molecule has 0 aliphatic carbocycles. The van der Waals surface area contributed by atoms with Crippen LogP contribution in [0.15, 0.2) is 12.4 Å². The largest absolute Gasteiger partial charge is 0.377 e. The summed E-state index contributed by atoms with van der Waals surface area (Å²) in [6.45, 7) is 6.38. The number of likely N-dealkylation sites (tertiary alicyclic amines) is 2. The fourth-order valence-corrected chi connectivity index (χ4v) is 4.63. The maximum Gasteiger partial charge on any atom is 0.246 e. The third-order valence-electron chi connectivity index (χ3n) is 6.02. The second kappa shape index (κ2) is 7.83. The molecule has 138 valence electrons. The molecule has 3 fully saturated rings. The zero-order chi connectivity index (χ0) is 17.1. The highest BCUT2D eigenvalue weighted by molar-refractivity contribution is 5.75. The van der Waals surface area contributed by atoms with E-state index in [9.17, 15) is 4.79 Å². The molecule has 1 unspecified atom stereocenters. The minimum absolute atomic E-state index is 0.142. The molecular formula is C18H29N5O2. The Morgan fingerprint density at radius 1 is 1.04 bits per heavy atom. The summed E-state index contributed by atoms with van der Waals surface area (Å²) in [4.78, 5) is 18.6. The minimum atomic E-state index is 0.142. The first-order chi connectivity index (χ1) is 12.3. The summed E-state index contributed by atoms with van der Waals surface area (Å²) in [5.41, 5.74) is 0. The topological polar surface area (TPSA) is 63.5 Å². The van der Waals surface area contributed by atoms with Crippen LogP contribution in [0.5, 0.6) is 0 Å². The van der Waals surface area contributed by atoms with E-state index in [1.165, 1.54) is 37.1 Å². The number of ether oxygens (including phenoxy) is 1. The van der Waals surface area contributed by atoms with Crippen molar-refractivity contribution in [1.82, 2.24) is 24.8 Å². The number of nitrogens with zero attached hydrogens (tertiary/aromatic N) is 5. The maximum atomic E-state index is 12.5. The summed E-state index contributed by atoms with van der Waals surface area (Å²) >= 11 is 0. The van der Waals surface area contributed by atoms with Gasteiger partial charge in [0.25, 0.3) is 0 Å². The van der Waals surface area contributed by atoms with Gasteiger partial charge in [-0.15, -0.1) is 0 Å². The first-order valence-corrected chi connectivity index (χ1v) is 9.74. The Bertz CT molecular complexity index is 542. The van der Waals surface area contributed by atoms with Crippen molar-refractivity contribution >= 4 is 5.91 Å². The number of carbonyl (C=O) groups excluding carboxylic acids is 1. The Kier molecular flexibility index (Phi) is 5.31. The van der Waals surface area contributed by atoms with E-state index in [4.69, 9.17) is 4.74 Å². The number of amides is 1. The number of aromatic nitrogens is 3. The van der Waals surface area contributed by atoms with Gasteiger partial charge in [-0.1, -0.05) is 0 Å². The van der Waals surface area contributed by atoms with E-state index in [1.54, 1.807) is 12.4 Å². The molecule has 1 amide bonds. The predicted molar refractivity (Wildman–Crippen MR) is 92.8 cm³/mol. The fraction of sp³-hybridized carbons (Fsp3) is 0.833. The van der Waals surface area contributed by atoms with Crippen LogP contribution in [0.3, 0.4) is 0 Å². The number of fused-ring (bicyclic) bond motifs is 1. The summed E-state index contributed by atoms with van der Waals surface area (Å²) in [6.07, 6.45) is 9.66. The normalized spacial score (nSPS) is 30.9. The fourth-order valence-electron chi connectivity index (χ4n) is 4.63. The van der Waals surface area contributed by atoms with E-state index in [0.717, 1.165) is 50.9 Å². The zero-order valence-corrected chi connectivity index (χ0v) is 14.9. The third kappa shape index (κ3) is 4.20. The second-order valence-corrected chi connectivity index (χ2v) is 7.74. The molecule has 0 radical (unpaired) electrons. The molecule has 3 aliphatic rings. The standard InChI is InChI=1S/C18H29N5O2/c24-18(14-23-19-6-7-20-23)22-8-4-15-11-21(12-16(15)5-9-22)13-17-3-1-2-10-25-17/h6-7,15-17H,1-5,8-14H2/t15-,16+,17?. The average molecular weight is 347 g/mol. The van der Waals surface area contributed by atoms with E-state index < -0.39 is 0 Å². The van der Waals surface area contributed by atoms with Gasteiger partial charge in [0.2, 0.25) is 5.91 Å². The van der Waals surface area contributed by atoms with Gasteiger partial charge in [-0.3, -0.25) is 4.79 Å². The summed E-state index contributed by atoms with van der Waals surface area (Å²) in [5.74, 6) is 1.59. The number of hydrogen-bond donors (Lipinski definition) is 0. The van der Waals surface area contributed by atoms with Crippen molar-refractivity contribution in [3.63, 3.8) is 0 Å². The highest BCUT2D eigenvalue weighted by Gasteiger charge is 2.36. The Balaban J connectivity index is 1.26. The molecular weight excluding hydrogens is 318 g/mol. The Morgan fingerprint density at radius 3 is 2.40 bits per heavy atom. The van der Waals surface area contributed by atoms with Crippen molar-refractivity contribution in [2.75, 3.05) is 39.3 Å². The first-order valence-electron chi connectivity index (χ1n) is 9.74. The van der Waals surface area contributed by atoms with E-state index in [-0.39, 0.29) is 12.5 Å². The predicted octanol–water partition coefficient (Wildman–Crippen LogP) is 1.02. The Hall–Kier alpha value is -1.47. The molecule has 7 heteroatoms. The van der Waals surface area contributed by atoms with Gasteiger partial charge in [-0.2, -0.15) is 15.0 Å². The van der Waals surface area contributed by atoms with Crippen LogP contribution >= 0.6 is 0 Å². The number of hydrogen-bond acceptors (Lipinski definition) is 5. The molecule has 3 aliphatic heterocycles. The lowest BCUT2D eigenvalue weighted by Crippen LogP contribution is -2.37. The molecule has 0 spiro atoms. The zero-order valence-electron chi connectivity index (χ0n) is 14.9. The first kappa shape index (κ1) is 17.0. The van der Waals surface area contributed by atoms with Crippen molar-refractivity contribution in [2.24, 2.45) is 11.8 Å². The number of carbonyl (C=O) groups is 1. The van der Waals surface area contributed by atoms with Gasteiger partial charge in [0, 0.05) is 39.3 Å². The lowest BCUT2D eigenvalue weighted by molar-refractivity contribution is -0.132. The lowest BCUT2D eigenvalue weighted by Gasteiger charge is -2.28. The van der Waals surface area contributed by atoms with Gasteiger partial charge in [0.15, 0.2) is 0 Å². The highest BCUT2D eigenvalue weighted by Crippen LogP contribution is 2.32. The molecule has 3 saturated heterocycles. The molecule has 25 heavy (non-hydrogen) atoms. The van der Waals surface area contributed by atoms with Crippen LogP contribution in [-0.4, -0.2) is 76.1 Å². The summed E-state index contributed by atoms with van der Waals surface area (Å²) in [5, 5.41) is 8.07. The summed E-state index contributed by atoms with van der Waals surface area (Å²) in [7, 11) is 0. The second-order valence-electron chi connectivity index (χ2n) is 7.74. The molecule has 1 aromatic heterocycles. The van der Waals surface area contributed by atoms with Crippen molar-refractivity contribution in [3.8, 4) is 0 Å². The van der Waals surface area contributed by atoms with Gasteiger partial charge < -0.3 is 14.5 Å². The van der Waals surface area contributed by atoms with Crippen LogP contribution in [0.2, 0.25) is 0 Å². The third-order valence-corrected chi connectivity index (χ3v) is 6.02. The van der Waals surface area contributed by atoms with Crippen LogP contribution in [0.4, 0.5) is 0 Å². The minimum Gasteiger partial charge on any atom is -0.377 e. The summed E-state index contributed by atoms with van der Waals surface area (Å²) < 4.78 is 5.91. The molecule has 4 rings (SSSR count). The molecule has 0 N–H and O–H groups in total. The quantitative estimate of drug-likeness (QED) is 0.814. The van der Waals surface area contributed by atoms with Crippen LogP contribution in [0.1, 0.15) is 32.1 Å². The van der Waals surface area contributed by atoms with Crippen molar-refractivity contribution in [2.45, 2.75) is 44.8 Å². The Morgan fingerprint density at radius 2 is 1.76 bits per heavy atom. The molecule has 0 aromatic carbocycles. The van der Waals surface area contributed by atoms with E-state index in [2.05, 4.69) is 15.1 Å². The van der Waals surface area contributed by atoms with E-state index >= 15 is 0 Å². The van der Waals surface area contributed by atoms with Gasteiger partial charge in [0.05, 0.1) is 18.5 Å². The van der Waals surface area contributed by atoms with Crippen LogP contribution in [0, 0.1) is 11.8 Å². The Labute approximate surface area is 149 Å².